The fourth-order valence-corrected chi connectivity index (χ4v) is 2.94. The summed E-state index contributed by atoms with van der Waals surface area (Å²) in [6.45, 7) is 0. The Morgan fingerprint density at radius 2 is 1.69 bits per heavy atom. The molecular formula is C22H20N4. The van der Waals surface area contributed by atoms with E-state index >= 15 is 0 Å². The molecule has 26 heavy (non-hydrogen) atoms. The molecule has 0 N–H and O–H groups in total. The van der Waals surface area contributed by atoms with E-state index in [1.165, 1.54) is 0 Å². The molecule has 0 amide bonds. The summed E-state index contributed by atoms with van der Waals surface area (Å²) in [6, 6.07) is 22.5. The van der Waals surface area contributed by atoms with Crippen LogP contribution in [0.5, 0.6) is 0 Å². The highest BCUT2D eigenvalue weighted by atomic mass is 15.1. The molecular weight excluding hydrogens is 320 g/mol. The van der Waals surface area contributed by atoms with Crippen LogP contribution in [0.25, 0.3) is 29.0 Å². The van der Waals surface area contributed by atoms with Crippen LogP contribution in [-0.2, 0) is 0 Å². The Morgan fingerprint density at radius 3 is 2.42 bits per heavy atom. The van der Waals surface area contributed by atoms with Crippen LogP contribution in [0.15, 0.2) is 72.9 Å². The summed E-state index contributed by atoms with van der Waals surface area (Å²) in [4.78, 5) is 11.5. The summed E-state index contributed by atoms with van der Waals surface area (Å²) < 4.78 is 2.09. The Balaban J connectivity index is 1.88. The van der Waals surface area contributed by atoms with Crippen molar-refractivity contribution in [3.05, 3.63) is 84.3 Å². The number of fused-ring (bicyclic) bond motifs is 1. The Labute approximate surface area is 153 Å². The second-order valence-electron chi connectivity index (χ2n) is 6.30. The van der Waals surface area contributed by atoms with Gasteiger partial charge >= 0.3 is 0 Å². The van der Waals surface area contributed by atoms with E-state index in [-0.39, 0.29) is 0 Å². The van der Waals surface area contributed by atoms with Crippen molar-refractivity contribution in [2.24, 2.45) is 0 Å². The molecule has 0 fully saturated rings. The fourth-order valence-electron chi connectivity index (χ4n) is 2.94. The number of hydrogen-bond donors (Lipinski definition) is 0. The van der Waals surface area contributed by atoms with E-state index in [0.29, 0.717) is 0 Å². The number of aromatic nitrogens is 3. The number of benzene rings is 2. The topological polar surface area (TPSA) is 34.0 Å². The van der Waals surface area contributed by atoms with Gasteiger partial charge < -0.3 is 4.90 Å². The van der Waals surface area contributed by atoms with Gasteiger partial charge in [-0.1, -0.05) is 42.5 Å². The molecule has 4 rings (SSSR count). The molecule has 128 valence electrons. The smallest absolute Gasteiger partial charge is 0.139 e. The van der Waals surface area contributed by atoms with Crippen molar-refractivity contribution in [3.8, 4) is 5.82 Å². The first-order valence-electron chi connectivity index (χ1n) is 8.57. The molecule has 0 saturated heterocycles. The SMILES string of the molecule is CN(C)c1ccc2c(c1)nc(/C=C/c1ccccc1)n2-c1ccccn1. The molecule has 0 aliphatic carbocycles. The zero-order chi connectivity index (χ0) is 17.9. The van der Waals surface area contributed by atoms with Gasteiger partial charge in [-0.2, -0.15) is 0 Å². The van der Waals surface area contributed by atoms with Gasteiger partial charge in [-0.15, -0.1) is 0 Å². The summed E-state index contributed by atoms with van der Waals surface area (Å²) in [5.74, 6) is 1.72. The van der Waals surface area contributed by atoms with Crippen LogP contribution in [0.4, 0.5) is 5.69 Å². The Bertz CT molecular complexity index is 1050. The molecule has 0 aliphatic heterocycles. The Kier molecular flexibility index (Phi) is 4.23. The molecule has 4 aromatic rings. The van der Waals surface area contributed by atoms with Crippen LogP contribution < -0.4 is 4.90 Å². The lowest BCUT2D eigenvalue weighted by Crippen LogP contribution is -2.08. The zero-order valence-electron chi connectivity index (χ0n) is 14.9. The number of nitrogens with zero attached hydrogens (tertiary/aromatic N) is 4. The molecule has 2 heterocycles. The second kappa shape index (κ2) is 6.84. The van der Waals surface area contributed by atoms with Crippen molar-refractivity contribution >= 4 is 28.9 Å². The maximum atomic E-state index is 4.86. The van der Waals surface area contributed by atoms with Crippen LogP contribution in [-0.4, -0.2) is 28.6 Å². The molecule has 2 aromatic heterocycles. The first-order valence-corrected chi connectivity index (χ1v) is 8.57. The third kappa shape index (κ3) is 3.09. The molecule has 0 atom stereocenters. The van der Waals surface area contributed by atoms with Crippen LogP contribution in [0.1, 0.15) is 11.4 Å². The number of anilines is 1. The first kappa shape index (κ1) is 16.1. The summed E-state index contributed by atoms with van der Waals surface area (Å²) in [5, 5.41) is 0. The number of imidazole rings is 1. The first-order chi connectivity index (χ1) is 12.7. The van der Waals surface area contributed by atoms with E-state index < -0.39 is 0 Å². The Morgan fingerprint density at radius 1 is 0.885 bits per heavy atom. The van der Waals surface area contributed by atoms with Crippen molar-refractivity contribution in [2.75, 3.05) is 19.0 Å². The minimum atomic E-state index is 0.860. The second-order valence-corrected chi connectivity index (χ2v) is 6.30. The maximum absolute atomic E-state index is 4.86. The molecule has 0 bridgehead atoms. The molecule has 0 radical (unpaired) electrons. The van der Waals surface area contributed by atoms with E-state index in [4.69, 9.17) is 4.98 Å². The summed E-state index contributed by atoms with van der Waals surface area (Å²) >= 11 is 0. The normalized spacial score (nSPS) is 11.3. The standard InChI is InChI=1S/C22H20N4/c1-25(2)18-12-13-20-19(16-18)24-22(14-11-17-8-4-3-5-9-17)26(20)21-10-6-7-15-23-21/h3-16H,1-2H3/b14-11+. The molecule has 2 aromatic carbocycles. The van der Waals surface area contributed by atoms with Crippen LogP contribution in [0.3, 0.4) is 0 Å². The third-order valence-corrected chi connectivity index (χ3v) is 4.28. The van der Waals surface area contributed by atoms with Gasteiger partial charge in [0.2, 0.25) is 0 Å². The van der Waals surface area contributed by atoms with Gasteiger partial charge in [0.15, 0.2) is 0 Å². The largest absolute Gasteiger partial charge is 0.378 e. The predicted octanol–water partition coefficient (Wildman–Crippen LogP) is 4.66. The van der Waals surface area contributed by atoms with Gasteiger partial charge in [0.25, 0.3) is 0 Å². The quantitative estimate of drug-likeness (QED) is 0.542. The van der Waals surface area contributed by atoms with E-state index in [0.717, 1.165) is 33.9 Å². The average molecular weight is 340 g/mol. The van der Waals surface area contributed by atoms with Gasteiger partial charge in [0, 0.05) is 26.0 Å². The molecule has 0 unspecified atom stereocenters. The van der Waals surface area contributed by atoms with Crippen LogP contribution in [0.2, 0.25) is 0 Å². The van der Waals surface area contributed by atoms with Gasteiger partial charge in [-0.3, -0.25) is 4.57 Å². The minimum Gasteiger partial charge on any atom is -0.378 e. The van der Waals surface area contributed by atoms with E-state index in [2.05, 4.69) is 50.9 Å². The Hall–Kier alpha value is -3.40. The van der Waals surface area contributed by atoms with E-state index in [9.17, 15) is 0 Å². The van der Waals surface area contributed by atoms with Gasteiger partial charge in [-0.05, 0) is 42.0 Å². The highest BCUT2D eigenvalue weighted by molar-refractivity contribution is 5.84. The lowest BCUT2D eigenvalue weighted by atomic mass is 10.2. The lowest BCUT2D eigenvalue weighted by molar-refractivity contribution is 1.00. The third-order valence-electron chi connectivity index (χ3n) is 4.28. The fraction of sp³-hybridized carbons (Fsp3) is 0.0909. The van der Waals surface area contributed by atoms with Crippen molar-refractivity contribution in [1.82, 2.24) is 14.5 Å². The minimum absolute atomic E-state index is 0.860. The van der Waals surface area contributed by atoms with E-state index in [1.807, 2.05) is 56.6 Å². The van der Waals surface area contributed by atoms with Crippen molar-refractivity contribution in [3.63, 3.8) is 0 Å². The molecule has 0 saturated carbocycles. The highest BCUT2D eigenvalue weighted by Gasteiger charge is 2.12. The number of rotatable bonds is 4. The van der Waals surface area contributed by atoms with Gasteiger partial charge in [-0.25, -0.2) is 9.97 Å². The van der Waals surface area contributed by atoms with Gasteiger partial charge in [0.05, 0.1) is 11.0 Å². The average Bonchev–Trinajstić information content (AvgIpc) is 3.05. The van der Waals surface area contributed by atoms with Crippen molar-refractivity contribution in [1.29, 1.82) is 0 Å². The predicted molar refractivity (Wildman–Crippen MR) is 109 cm³/mol. The molecule has 0 aliphatic rings. The molecule has 0 spiro atoms. The number of hydrogen-bond acceptors (Lipinski definition) is 3. The van der Waals surface area contributed by atoms with Gasteiger partial charge in [0.1, 0.15) is 11.6 Å². The summed E-state index contributed by atoms with van der Waals surface area (Å²) in [6.07, 6.45) is 5.92. The van der Waals surface area contributed by atoms with Crippen molar-refractivity contribution < 1.29 is 0 Å². The molecule has 4 heteroatoms. The summed E-state index contributed by atoms with van der Waals surface area (Å²) in [7, 11) is 4.07. The number of pyridine rings is 1. The summed E-state index contributed by atoms with van der Waals surface area (Å²) in [5.41, 5.74) is 4.26. The van der Waals surface area contributed by atoms with E-state index in [1.54, 1.807) is 6.20 Å². The monoisotopic (exact) mass is 340 g/mol. The van der Waals surface area contributed by atoms with Crippen LogP contribution >= 0.6 is 0 Å². The molecule has 4 nitrogen and oxygen atoms in total. The zero-order valence-corrected chi connectivity index (χ0v) is 14.9. The van der Waals surface area contributed by atoms with Crippen LogP contribution in [0, 0.1) is 0 Å². The lowest BCUT2D eigenvalue weighted by Gasteiger charge is -2.12. The highest BCUT2D eigenvalue weighted by Crippen LogP contribution is 2.25. The maximum Gasteiger partial charge on any atom is 0.139 e. The van der Waals surface area contributed by atoms with Crippen molar-refractivity contribution in [2.45, 2.75) is 0 Å².